The van der Waals surface area contributed by atoms with Gasteiger partial charge in [0, 0.05) is 23.5 Å². The Balaban J connectivity index is 2.26. The summed E-state index contributed by atoms with van der Waals surface area (Å²) in [7, 11) is 1.60. The average molecular weight is 297 g/mol. The summed E-state index contributed by atoms with van der Waals surface area (Å²) in [5, 5.41) is 1.02. The van der Waals surface area contributed by atoms with Crippen molar-refractivity contribution in [2.45, 2.75) is 0 Å². The molecule has 0 atom stereocenters. The number of hydrogen-bond donors (Lipinski definition) is 0. The first-order chi connectivity index (χ1) is 10.2. The number of nitrogens with zero attached hydrogens (tertiary/aromatic N) is 2. The molecule has 1 aliphatic rings. The zero-order chi connectivity index (χ0) is 14.6. The van der Waals surface area contributed by atoms with E-state index in [-0.39, 0.29) is 10.9 Å². The molecule has 2 heterocycles. The molecule has 5 heteroatoms. The smallest absolute Gasteiger partial charge is 0.198 e. The summed E-state index contributed by atoms with van der Waals surface area (Å²) in [6.07, 6.45) is 3.23. The Hall–Kier alpha value is -2.46. The normalized spacial score (nSPS) is 12.4. The van der Waals surface area contributed by atoms with Crippen molar-refractivity contribution in [2.24, 2.45) is 0 Å². The molecule has 0 radical (unpaired) electrons. The first kappa shape index (κ1) is 12.3. The van der Waals surface area contributed by atoms with Gasteiger partial charge in [-0.15, -0.1) is 0 Å². The maximum absolute atomic E-state index is 12.5. The lowest BCUT2D eigenvalue weighted by Crippen LogP contribution is -1.99. The van der Waals surface area contributed by atoms with Crippen LogP contribution in [0.3, 0.4) is 0 Å². The van der Waals surface area contributed by atoms with E-state index in [1.165, 1.54) is 0 Å². The molecule has 4 rings (SSSR count). The summed E-state index contributed by atoms with van der Waals surface area (Å²) in [4.78, 5) is 20.9. The van der Waals surface area contributed by atoms with Gasteiger partial charge in [-0.3, -0.25) is 9.78 Å². The first-order valence-corrected chi connectivity index (χ1v) is 6.75. The molecule has 1 aromatic carbocycles. The minimum atomic E-state index is -0.140. The second-order valence-electron chi connectivity index (χ2n) is 4.76. The fourth-order valence-corrected chi connectivity index (χ4v) is 3.10. The number of methoxy groups -OCH3 is 1. The number of ether oxygens (including phenoxy) is 1. The number of hydrogen-bond acceptors (Lipinski definition) is 4. The minimum Gasteiger partial charge on any atom is -0.496 e. The Bertz CT molecular complexity index is 922. The van der Waals surface area contributed by atoms with Crippen molar-refractivity contribution in [3.8, 4) is 16.9 Å². The number of pyridine rings is 2. The molecule has 3 aromatic rings. The van der Waals surface area contributed by atoms with Gasteiger partial charge >= 0.3 is 0 Å². The minimum absolute atomic E-state index is 0.140. The standard InChI is InChI=1S/C16H9ClN2O2/c1-21-11-4-2-3-10-13(11)12-8-5-6-18-7-9(8)15(20)14(12)16(17)19-10/h2-7H,1H3. The van der Waals surface area contributed by atoms with E-state index in [0.717, 1.165) is 16.5 Å². The van der Waals surface area contributed by atoms with E-state index in [0.29, 0.717) is 22.4 Å². The molecule has 0 N–H and O–H groups in total. The number of fused-ring (bicyclic) bond motifs is 5. The number of carbonyl (C=O) groups is 1. The van der Waals surface area contributed by atoms with Crippen LogP contribution in [0.4, 0.5) is 0 Å². The van der Waals surface area contributed by atoms with Gasteiger partial charge in [-0.2, -0.15) is 0 Å². The molecule has 0 saturated heterocycles. The van der Waals surface area contributed by atoms with Gasteiger partial charge in [0.1, 0.15) is 10.9 Å². The molecule has 21 heavy (non-hydrogen) atoms. The highest BCUT2D eigenvalue weighted by molar-refractivity contribution is 6.38. The molecular weight excluding hydrogens is 288 g/mol. The van der Waals surface area contributed by atoms with Crippen LogP contribution in [0.15, 0.2) is 36.7 Å². The van der Waals surface area contributed by atoms with Crippen molar-refractivity contribution in [2.75, 3.05) is 7.11 Å². The third kappa shape index (κ3) is 1.53. The number of carbonyl (C=O) groups excluding carboxylic acids is 1. The zero-order valence-corrected chi connectivity index (χ0v) is 11.8. The largest absolute Gasteiger partial charge is 0.496 e. The second-order valence-corrected chi connectivity index (χ2v) is 5.12. The highest BCUT2D eigenvalue weighted by Crippen LogP contribution is 2.45. The summed E-state index contributed by atoms with van der Waals surface area (Å²) in [5.41, 5.74) is 3.29. The van der Waals surface area contributed by atoms with Crippen LogP contribution in [-0.4, -0.2) is 22.9 Å². The quantitative estimate of drug-likeness (QED) is 0.504. The lowest BCUT2D eigenvalue weighted by Gasteiger charge is -2.10. The molecule has 0 saturated carbocycles. The summed E-state index contributed by atoms with van der Waals surface area (Å²) in [6, 6.07) is 7.37. The molecule has 0 unspecified atom stereocenters. The zero-order valence-electron chi connectivity index (χ0n) is 11.1. The van der Waals surface area contributed by atoms with Gasteiger partial charge in [-0.1, -0.05) is 17.7 Å². The lowest BCUT2D eigenvalue weighted by atomic mass is 10.0. The Labute approximate surface area is 125 Å². The van der Waals surface area contributed by atoms with E-state index in [2.05, 4.69) is 9.97 Å². The van der Waals surface area contributed by atoms with Crippen LogP contribution < -0.4 is 4.74 Å². The van der Waals surface area contributed by atoms with Crippen LogP contribution in [-0.2, 0) is 0 Å². The highest BCUT2D eigenvalue weighted by atomic mass is 35.5. The molecule has 0 spiro atoms. The monoisotopic (exact) mass is 296 g/mol. The number of halogens is 1. The number of aromatic nitrogens is 2. The van der Waals surface area contributed by atoms with Crippen LogP contribution in [0.5, 0.6) is 5.75 Å². The van der Waals surface area contributed by atoms with Gasteiger partial charge in [0.25, 0.3) is 0 Å². The van der Waals surface area contributed by atoms with Crippen molar-refractivity contribution in [3.05, 3.63) is 52.9 Å². The van der Waals surface area contributed by atoms with Gasteiger partial charge in [0.15, 0.2) is 5.78 Å². The van der Waals surface area contributed by atoms with Gasteiger partial charge in [-0.25, -0.2) is 4.98 Å². The molecule has 1 aliphatic carbocycles. The summed E-state index contributed by atoms with van der Waals surface area (Å²) < 4.78 is 5.43. The van der Waals surface area contributed by atoms with Crippen LogP contribution in [0, 0.1) is 0 Å². The summed E-state index contributed by atoms with van der Waals surface area (Å²) >= 11 is 6.24. The maximum atomic E-state index is 12.5. The molecule has 2 aromatic heterocycles. The molecule has 0 fully saturated rings. The molecule has 0 amide bonds. The predicted molar refractivity (Wildman–Crippen MR) is 80.0 cm³/mol. The second kappa shape index (κ2) is 4.27. The van der Waals surface area contributed by atoms with Gasteiger partial charge in [0.2, 0.25) is 0 Å². The van der Waals surface area contributed by atoms with Crippen molar-refractivity contribution >= 4 is 28.3 Å². The van der Waals surface area contributed by atoms with Gasteiger partial charge < -0.3 is 4.74 Å². The first-order valence-electron chi connectivity index (χ1n) is 6.37. The Morgan fingerprint density at radius 1 is 1.14 bits per heavy atom. The van der Waals surface area contributed by atoms with E-state index in [1.807, 2.05) is 24.3 Å². The average Bonchev–Trinajstić information content (AvgIpc) is 2.81. The third-order valence-corrected chi connectivity index (χ3v) is 3.98. The topological polar surface area (TPSA) is 52.1 Å². The van der Waals surface area contributed by atoms with E-state index < -0.39 is 0 Å². The summed E-state index contributed by atoms with van der Waals surface area (Å²) in [5.74, 6) is 0.531. The van der Waals surface area contributed by atoms with Gasteiger partial charge in [0.05, 0.1) is 23.6 Å². The molecule has 4 nitrogen and oxygen atoms in total. The predicted octanol–water partition coefficient (Wildman–Crippen LogP) is 3.50. The van der Waals surface area contributed by atoms with Crippen LogP contribution in [0.2, 0.25) is 5.15 Å². The Kier molecular flexibility index (Phi) is 2.50. The fraction of sp³-hybridized carbons (Fsp3) is 0.0625. The molecular formula is C16H9ClN2O2. The van der Waals surface area contributed by atoms with Crippen LogP contribution >= 0.6 is 11.6 Å². The Morgan fingerprint density at radius 3 is 2.81 bits per heavy atom. The van der Waals surface area contributed by atoms with E-state index in [4.69, 9.17) is 16.3 Å². The summed E-state index contributed by atoms with van der Waals surface area (Å²) in [6.45, 7) is 0. The van der Waals surface area contributed by atoms with E-state index >= 15 is 0 Å². The van der Waals surface area contributed by atoms with Crippen molar-refractivity contribution in [1.82, 2.24) is 9.97 Å². The third-order valence-electron chi connectivity index (χ3n) is 3.71. The van der Waals surface area contributed by atoms with Crippen molar-refractivity contribution in [1.29, 1.82) is 0 Å². The van der Waals surface area contributed by atoms with Crippen molar-refractivity contribution < 1.29 is 9.53 Å². The van der Waals surface area contributed by atoms with E-state index in [9.17, 15) is 4.79 Å². The maximum Gasteiger partial charge on any atom is 0.198 e. The molecule has 0 aliphatic heterocycles. The molecule has 0 bridgehead atoms. The lowest BCUT2D eigenvalue weighted by molar-refractivity contribution is 0.104. The van der Waals surface area contributed by atoms with Crippen molar-refractivity contribution in [3.63, 3.8) is 0 Å². The SMILES string of the molecule is COc1cccc2nc(Cl)c3c(c12)-c1ccncc1C3=O. The Morgan fingerprint density at radius 2 is 2.00 bits per heavy atom. The van der Waals surface area contributed by atoms with Crippen LogP contribution in [0.1, 0.15) is 15.9 Å². The number of benzene rings is 1. The molecule has 102 valence electrons. The number of ketones is 1. The van der Waals surface area contributed by atoms with Gasteiger partial charge in [-0.05, 0) is 23.8 Å². The highest BCUT2D eigenvalue weighted by Gasteiger charge is 2.32. The number of rotatable bonds is 1. The fourth-order valence-electron chi connectivity index (χ4n) is 2.83. The van der Waals surface area contributed by atoms with Crippen LogP contribution in [0.25, 0.3) is 22.0 Å². The van der Waals surface area contributed by atoms with E-state index in [1.54, 1.807) is 19.5 Å².